The van der Waals surface area contributed by atoms with Gasteiger partial charge in [-0.25, -0.2) is 0 Å². The van der Waals surface area contributed by atoms with Crippen molar-refractivity contribution in [3.05, 3.63) is 29.8 Å². The van der Waals surface area contributed by atoms with E-state index in [-0.39, 0.29) is 5.91 Å². The number of nitrogens with zero attached hydrogens (tertiary/aromatic N) is 1. The monoisotopic (exact) mass is 323 g/mol. The van der Waals surface area contributed by atoms with E-state index in [0.29, 0.717) is 19.8 Å². The summed E-state index contributed by atoms with van der Waals surface area (Å²) in [6.45, 7) is 6.38. The zero-order chi connectivity index (χ0) is 16.7. The molecule has 1 saturated heterocycles. The standard InChI is InChI=1S/C17H26N2O4/c1-14(20)19-9-7-18(8-10-19)11-16(21)13-23-12-15-3-5-17(22-2)6-4-15/h3-6,16,21H,7-13H2,1-2H3/p+1/t16-/m0/s1. The molecular formula is C17H27N2O4+. The molecule has 0 spiro atoms. The van der Waals surface area contributed by atoms with Crippen LogP contribution in [0.15, 0.2) is 24.3 Å². The lowest BCUT2D eigenvalue weighted by atomic mass is 10.2. The summed E-state index contributed by atoms with van der Waals surface area (Å²) in [6.07, 6.45) is -0.480. The van der Waals surface area contributed by atoms with Crippen molar-refractivity contribution in [2.45, 2.75) is 19.6 Å². The van der Waals surface area contributed by atoms with Gasteiger partial charge in [-0.1, -0.05) is 12.1 Å². The highest BCUT2D eigenvalue weighted by molar-refractivity contribution is 5.73. The number of amides is 1. The molecule has 1 heterocycles. The van der Waals surface area contributed by atoms with Crippen molar-refractivity contribution in [1.29, 1.82) is 0 Å². The molecule has 1 aliphatic heterocycles. The van der Waals surface area contributed by atoms with Crippen molar-refractivity contribution in [3.63, 3.8) is 0 Å². The van der Waals surface area contributed by atoms with Crippen molar-refractivity contribution in [3.8, 4) is 5.75 Å². The van der Waals surface area contributed by atoms with Gasteiger partial charge in [-0.15, -0.1) is 0 Å². The first-order valence-electron chi connectivity index (χ1n) is 8.06. The van der Waals surface area contributed by atoms with Crippen molar-refractivity contribution in [2.75, 3.05) is 46.4 Å². The zero-order valence-corrected chi connectivity index (χ0v) is 14.0. The Bertz CT molecular complexity index is 484. The maximum absolute atomic E-state index is 11.3. The number of carbonyl (C=O) groups is 1. The topological polar surface area (TPSA) is 63.4 Å². The van der Waals surface area contributed by atoms with Gasteiger partial charge in [0.2, 0.25) is 5.91 Å². The average molecular weight is 323 g/mol. The summed E-state index contributed by atoms with van der Waals surface area (Å²) in [4.78, 5) is 14.5. The Morgan fingerprint density at radius 2 is 1.96 bits per heavy atom. The fraction of sp³-hybridized carbons (Fsp3) is 0.588. The Balaban J connectivity index is 1.63. The Hall–Kier alpha value is -1.63. The molecule has 0 unspecified atom stereocenters. The number of carbonyl (C=O) groups excluding carboxylic acids is 1. The molecule has 0 aliphatic carbocycles. The molecule has 1 amide bonds. The number of aliphatic hydroxyl groups excluding tert-OH is 1. The minimum absolute atomic E-state index is 0.132. The molecule has 1 fully saturated rings. The normalized spacial score (nSPS) is 17.1. The number of hydrogen-bond acceptors (Lipinski definition) is 4. The summed E-state index contributed by atoms with van der Waals surface area (Å²) in [5.74, 6) is 0.953. The minimum Gasteiger partial charge on any atom is -0.497 e. The van der Waals surface area contributed by atoms with E-state index in [9.17, 15) is 9.90 Å². The van der Waals surface area contributed by atoms with Crippen LogP contribution in [-0.4, -0.2) is 68.5 Å². The second kappa shape index (κ2) is 8.86. The summed E-state index contributed by atoms with van der Waals surface area (Å²) >= 11 is 0. The van der Waals surface area contributed by atoms with Gasteiger partial charge in [-0.3, -0.25) is 4.79 Å². The molecule has 1 aromatic rings. The van der Waals surface area contributed by atoms with Crippen LogP contribution >= 0.6 is 0 Å². The molecule has 1 atom stereocenters. The number of piperazine rings is 1. The van der Waals surface area contributed by atoms with Crippen LogP contribution in [0, 0.1) is 0 Å². The van der Waals surface area contributed by atoms with E-state index in [2.05, 4.69) is 0 Å². The van der Waals surface area contributed by atoms with E-state index in [0.717, 1.165) is 37.5 Å². The second-order valence-corrected chi connectivity index (χ2v) is 5.98. The molecule has 128 valence electrons. The van der Waals surface area contributed by atoms with E-state index in [1.54, 1.807) is 14.0 Å². The van der Waals surface area contributed by atoms with Crippen LogP contribution in [0.4, 0.5) is 0 Å². The third-order valence-corrected chi connectivity index (χ3v) is 4.18. The number of aliphatic hydroxyl groups is 1. The van der Waals surface area contributed by atoms with Gasteiger partial charge in [-0.05, 0) is 17.7 Å². The van der Waals surface area contributed by atoms with E-state index in [4.69, 9.17) is 9.47 Å². The first kappa shape index (κ1) is 17.7. The van der Waals surface area contributed by atoms with E-state index >= 15 is 0 Å². The van der Waals surface area contributed by atoms with Crippen molar-refractivity contribution in [1.82, 2.24) is 4.90 Å². The molecule has 0 saturated carbocycles. The van der Waals surface area contributed by atoms with Crippen LogP contribution in [-0.2, 0) is 16.1 Å². The Morgan fingerprint density at radius 1 is 1.30 bits per heavy atom. The molecule has 6 nitrogen and oxygen atoms in total. The van der Waals surface area contributed by atoms with Gasteiger partial charge >= 0.3 is 0 Å². The van der Waals surface area contributed by atoms with Crippen LogP contribution in [0.2, 0.25) is 0 Å². The molecule has 0 aromatic heterocycles. The molecule has 2 rings (SSSR count). The lowest BCUT2D eigenvalue weighted by Gasteiger charge is -2.32. The predicted octanol–water partition coefficient (Wildman–Crippen LogP) is -0.680. The number of ether oxygens (including phenoxy) is 2. The molecule has 23 heavy (non-hydrogen) atoms. The second-order valence-electron chi connectivity index (χ2n) is 5.98. The van der Waals surface area contributed by atoms with Crippen LogP contribution in [0.25, 0.3) is 0 Å². The van der Waals surface area contributed by atoms with Crippen LogP contribution < -0.4 is 9.64 Å². The van der Waals surface area contributed by atoms with Crippen molar-refractivity contribution < 1.29 is 24.3 Å². The minimum atomic E-state index is -0.480. The third-order valence-electron chi connectivity index (χ3n) is 4.18. The largest absolute Gasteiger partial charge is 0.497 e. The first-order chi connectivity index (χ1) is 11.1. The maximum atomic E-state index is 11.3. The van der Waals surface area contributed by atoms with Crippen molar-refractivity contribution in [2.24, 2.45) is 0 Å². The van der Waals surface area contributed by atoms with Crippen molar-refractivity contribution >= 4 is 5.91 Å². The van der Waals surface area contributed by atoms with Crippen LogP contribution in [0.3, 0.4) is 0 Å². The molecule has 6 heteroatoms. The van der Waals surface area contributed by atoms with Gasteiger partial charge in [0.05, 0.1) is 46.5 Å². The lowest BCUT2D eigenvalue weighted by molar-refractivity contribution is -0.907. The van der Waals surface area contributed by atoms with Crippen LogP contribution in [0.5, 0.6) is 5.75 Å². The van der Waals surface area contributed by atoms with Gasteiger partial charge < -0.3 is 24.4 Å². The SMILES string of the molecule is COc1ccc(COC[C@@H](O)C[NH+]2CCN(C(C)=O)CC2)cc1. The number of hydrogen-bond donors (Lipinski definition) is 2. The number of rotatable bonds is 7. The fourth-order valence-corrected chi connectivity index (χ4v) is 2.77. The molecule has 1 aliphatic rings. The quantitative estimate of drug-likeness (QED) is 0.698. The smallest absolute Gasteiger partial charge is 0.219 e. The number of benzene rings is 1. The van der Waals surface area contributed by atoms with Crippen LogP contribution in [0.1, 0.15) is 12.5 Å². The number of methoxy groups -OCH3 is 1. The molecular weight excluding hydrogens is 296 g/mol. The summed E-state index contributed by atoms with van der Waals surface area (Å²) in [5.41, 5.74) is 1.06. The highest BCUT2D eigenvalue weighted by Crippen LogP contribution is 2.11. The van der Waals surface area contributed by atoms with Gasteiger partial charge in [0.15, 0.2) is 0 Å². The average Bonchev–Trinajstić information content (AvgIpc) is 2.56. The number of nitrogens with one attached hydrogen (secondary N) is 1. The molecule has 2 N–H and O–H groups in total. The van der Waals surface area contributed by atoms with Gasteiger partial charge in [0, 0.05) is 6.92 Å². The Kier molecular flexibility index (Phi) is 6.83. The predicted molar refractivity (Wildman–Crippen MR) is 86.5 cm³/mol. The molecule has 0 radical (unpaired) electrons. The fourth-order valence-electron chi connectivity index (χ4n) is 2.77. The third kappa shape index (κ3) is 5.82. The highest BCUT2D eigenvalue weighted by Gasteiger charge is 2.23. The summed E-state index contributed by atoms with van der Waals surface area (Å²) < 4.78 is 10.7. The van der Waals surface area contributed by atoms with Gasteiger partial charge in [0.1, 0.15) is 18.4 Å². The number of quaternary nitrogens is 1. The van der Waals surface area contributed by atoms with Gasteiger partial charge in [-0.2, -0.15) is 0 Å². The lowest BCUT2D eigenvalue weighted by Crippen LogP contribution is -3.15. The highest BCUT2D eigenvalue weighted by atomic mass is 16.5. The van der Waals surface area contributed by atoms with E-state index in [1.807, 2.05) is 29.2 Å². The Morgan fingerprint density at radius 3 is 2.52 bits per heavy atom. The Labute approximate surface area is 137 Å². The summed E-state index contributed by atoms with van der Waals surface area (Å²) in [5, 5.41) is 10.1. The van der Waals surface area contributed by atoms with E-state index < -0.39 is 6.10 Å². The maximum Gasteiger partial charge on any atom is 0.219 e. The zero-order valence-electron chi connectivity index (χ0n) is 14.0. The molecule has 0 bridgehead atoms. The van der Waals surface area contributed by atoms with E-state index in [1.165, 1.54) is 4.90 Å². The first-order valence-corrected chi connectivity index (χ1v) is 8.06. The molecule has 1 aromatic carbocycles. The summed E-state index contributed by atoms with van der Waals surface area (Å²) in [7, 11) is 1.64. The summed E-state index contributed by atoms with van der Waals surface area (Å²) in [6, 6.07) is 7.70. The van der Waals surface area contributed by atoms with Gasteiger partial charge in [0.25, 0.3) is 0 Å².